The molecule has 2 saturated heterocycles. The number of imide groups is 1. The molecule has 10 nitrogen and oxygen atoms in total. The number of carbonyl (C=O) groups excluding carboxylic acids is 3. The van der Waals surface area contributed by atoms with Gasteiger partial charge in [-0.2, -0.15) is 26.3 Å². The molecule has 2 fully saturated rings. The highest BCUT2D eigenvalue weighted by molar-refractivity contribution is 6.09. The predicted molar refractivity (Wildman–Crippen MR) is 146 cm³/mol. The second-order valence-corrected chi connectivity index (χ2v) is 11.4. The second-order valence-electron chi connectivity index (χ2n) is 11.4. The van der Waals surface area contributed by atoms with Crippen molar-refractivity contribution < 1.29 is 50.6 Å². The van der Waals surface area contributed by atoms with Gasteiger partial charge in [-0.05, 0) is 48.2 Å². The Labute approximate surface area is 253 Å². The van der Waals surface area contributed by atoms with E-state index in [1.807, 2.05) is 0 Å². The van der Waals surface area contributed by atoms with E-state index in [2.05, 4.69) is 10.3 Å². The van der Waals surface area contributed by atoms with Crippen LogP contribution in [0.1, 0.15) is 42.7 Å². The molecule has 45 heavy (non-hydrogen) atoms. The third-order valence-electron chi connectivity index (χ3n) is 8.48. The topological polar surface area (TPSA) is 115 Å². The Morgan fingerprint density at radius 3 is 2.36 bits per heavy atom. The first kappa shape index (κ1) is 32.3. The lowest BCUT2D eigenvalue weighted by Crippen LogP contribution is -2.54. The highest BCUT2D eigenvalue weighted by atomic mass is 19.4. The van der Waals surface area contributed by atoms with Gasteiger partial charge in [0, 0.05) is 32.6 Å². The number of piperazine rings is 1. The van der Waals surface area contributed by atoms with Crippen LogP contribution in [0.15, 0.2) is 30.5 Å². The summed E-state index contributed by atoms with van der Waals surface area (Å²) in [5.74, 6) is -0.387. The monoisotopic (exact) mass is 643 g/mol. The third kappa shape index (κ3) is 5.53. The van der Waals surface area contributed by atoms with Crippen LogP contribution in [0, 0.1) is 0 Å². The third-order valence-corrected chi connectivity index (χ3v) is 8.48. The summed E-state index contributed by atoms with van der Waals surface area (Å²) in [6, 6.07) is 5.12. The molecular weight excluding hydrogens is 612 g/mol. The SMILES string of the molecule is CCCc1cc(C(O)(C(F)(F)F)C(F)(F)F)ncc1N1CCN(C(=O)CN2C(=O)NC(C)(c3ccc4c(c3)CCO4)C2=O)CC1. The largest absolute Gasteiger partial charge is 0.493 e. The Kier molecular flexibility index (Phi) is 8.17. The molecule has 5 rings (SSSR count). The number of amides is 4. The minimum absolute atomic E-state index is 0.104. The number of fused-ring (bicyclic) bond motifs is 1. The Hall–Kier alpha value is -4.08. The fourth-order valence-corrected chi connectivity index (χ4v) is 5.86. The molecular formula is C29H31F6N5O5. The number of aryl methyl sites for hydroxylation is 1. The van der Waals surface area contributed by atoms with Gasteiger partial charge in [0.1, 0.15) is 17.8 Å². The zero-order valence-electron chi connectivity index (χ0n) is 24.4. The normalized spacial score (nSPS) is 20.8. The van der Waals surface area contributed by atoms with Crippen LogP contribution in [0.4, 0.5) is 36.8 Å². The number of urea groups is 1. The van der Waals surface area contributed by atoms with Crippen LogP contribution >= 0.6 is 0 Å². The van der Waals surface area contributed by atoms with Crippen molar-refractivity contribution in [3.05, 3.63) is 52.8 Å². The molecule has 1 unspecified atom stereocenters. The van der Waals surface area contributed by atoms with Gasteiger partial charge in [0.05, 0.1) is 24.2 Å². The molecule has 0 saturated carbocycles. The lowest BCUT2D eigenvalue weighted by atomic mass is 9.90. The Balaban J connectivity index is 1.27. The van der Waals surface area contributed by atoms with Crippen LogP contribution in [0.5, 0.6) is 5.75 Å². The summed E-state index contributed by atoms with van der Waals surface area (Å²) >= 11 is 0. The summed E-state index contributed by atoms with van der Waals surface area (Å²) in [6.45, 7) is 3.78. The van der Waals surface area contributed by atoms with Crippen molar-refractivity contribution in [2.45, 2.75) is 56.6 Å². The number of carbonyl (C=O) groups is 3. The van der Waals surface area contributed by atoms with Crippen LogP contribution in [0.2, 0.25) is 0 Å². The summed E-state index contributed by atoms with van der Waals surface area (Å²) in [7, 11) is 0. The van der Waals surface area contributed by atoms with E-state index in [9.17, 15) is 45.8 Å². The number of benzene rings is 1. The lowest BCUT2D eigenvalue weighted by molar-refractivity contribution is -0.377. The number of hydrogen-bond donors (Lipinski definition) is 2. The second kappa shape index (κ2) is 11.4. The van der Waals surface area contributed by atoms with E-state index in [-0.39, 0.29) is 43.9 Å². The van der Waals surface area contributed by atoms with Crippen molar-refractivity contribution in [3.8, 4) is 5.75 Å². The zero-order chi connectivity index (χ0) is 32.9. The fourth-order valence-electron chi connectivity index (χ4n) is 5.86. The molecule has 0 spiro atoms. The minimum Gasteiger partial charge on any atom is -0.493 e. The standard InChI is InChI=1S/C29H31F6N5O5/c1-3-4-17-14-22(27(44,28(30,31)32)29(33,34)35)36-15-20(17)38-8-10-39(11-9-38)23(41)16-40-24(42)26(2,37-25(40)43)19-5-6-21-18(13-19)7-12-45-21/h5-6,13-15,44H,3-4,7-12,16H2,1-2H3,(H,37,43). The predicted octanol–water partition coefficient (Wildman–Crippen LogP) is 3.40. The van der Waals surface area contributed by atoms with E-state index in [1.165, 1.54) is 4.90 Å². The van der Waals surface area contributed by atoms with Crippen LogP contribution in [-0.2, 0) is 33.6 Å². The van der Waals surface area contributed by atoms with E-state index in [0.29, 0.717) is 36.8 Å². The van der Waals surface area contributed by atoms with Crippen molar-refractivity contribution in [2.75, 3.05) is 44.2 Å². The molecule has 2 aromatic rings. The molecule has 0 bridgehead atoms. The first-order valence-corrected chi connectivity index (χ1v) is 14.3. The van der Waals surface area contributed by atoms with Gasteiger partial charge in [0.25, 0.3) is 11.5 Å². The minimum atomic E-state index is -6.06. The quantitative estimate of drug-likeness (QED) is 0.351. The van der Waals surface area contributed by atoms with Crippen molar-refractivity contribution in [3.63, 3.8) is 0 Å². The van der Waals surface area contributed by atoms with Gasteiger partial charge in [-0.15, -0.1) is 0 Å². The smallest absolute Gasteiger partial charge is 0.432 e. The van der Waals surface area contributed by atoms with Crippen LogP contribution < -0.4 is 15.0 Å². The molecule has 4 heterocycles. The van der Waals surface area contributed by atoms with Crippen molar-refractivity contribution in [2.24, 2.45) is 0 Å². The highest BCUT2D eigenvalue weighted by Crippen LogP contribution is 2.50. The summed E-state index contributed by atoms with van der Waals surface area (Å²) in [5.41, 5.74) is -6.22. The maximum absolute atomic E-state index is 13.4. The van der Waals surface area contributed by atoms with E-state index < -0.39 is 53.6 Å². The molecule has 3 aliphatic heterocycles. The maximum Gasteiger partial charge on any atom is 0.432 e. The number of alkyl halides is 6. The number of ether oxygens (including phenoxy) is 1. The number of aliphatic hydroxyl groups is 1. The Morgan fingerprint density at radius 2 is 1.73 bits per heavy atom. The average molecular weight is 644 g/mol. The number of rotatable bonds is 7. The highest BCUT2D eigenvalue weighted by Gasteiger charge is 2.72. The van der Waals surface area contributed by atoms with Crippen LogP contribution in [0.3, 0.4) is 0 Å². The maximum atomic E-state index is 13.4. The van der Waals surface area contributed by atoms with E-state index >= 15 is 0 Å². The molecule has 3 aliphatic rings. The molecule has 4 amide bonds. The molecule has 0 aliphatic carbocycles. The summed E-state index contributed by atoms with van der Waals surface area (Å²) in [4.78, 5) is 46.7. The van der Waals surface area contributed by atoms with E-state index in [4.69, 9.17) is 4.74 Å². The Morgan fingerprint density at radius 1 is 1.07 bits per heavy atom. The number of hydrogen-bond acceptors (Lipinski definition) is 7. The van der Waals surface area contributed by atoms with Gasteiger partial charge in [-0.1, -0.05) is 19.4 Å². The summed E-state index contributed by atoms with van der Waals surface area (Å²) in [6.07, 6.45) is -10.1. The average Bonchev–Trinajstić information content (AvgIpc) is 3.54. The summed E-state index contributed by atoms with van der Waals surface area (Å²) in [5, 5.41) is 12.5. The van der Waals surface area contributed by atoms with Crippen molar-refractivity contribution >= 4 is 23.5 Å². The number of nitrogens with zero attached hydrogens (tertiary/aromatic N) is 4. The fraction of sp³-hybridized carbons (Fsp3) is 0.517. The number of halogens is 6. The van der Waals surface area contributed by atoms with Gasteiger partial charge < -0.3 is 25.0 Å². The van der Waals surface area contributed by atoms with Gasteiger partial charge >= 0.3 is 18.4 Å². The number of nitrogens with one attached hydrogen (secondary N) is 1. The van der Waals surface area contributed by atoms with Gasteiger partial charge in [0.15, 0.2) is 0 Å². The molecule has 0 radical (unpaired) electrons. The molecule has 1 aromatic heterocycles. The molecule has 1 aromatic carbocycles. The number of aromatic nitrogens is 1. The molecule has 244 valence electrons. The van der Waals surface area contributed by atoms with E-state index in [0.717, 1.165) is 16.7 Å². The first-order chi connectivity index (χ1) is 21.0. The van der Waals surface area contributed by atoms with Gasteiger partial charge in [-0.25, -0.2) is 4.79 Å². The van der Waals surface area contributed by atoms with Crippen LogP contribution in [0.25, 0.3) is 0 Å². The molecule has 2 N–H and O–H groups in total. The van der Waals surface area contributed by atoms with Gasteiger partial charge in [-0.3, -0.25) is 19.5 Å². The molecule has 1 atom stereocenters. The number of anilines is 1. The lowest BCUT2D eigenvalue weighted by Gasteiger charge is -2.38. The van der Waals surface area contributed by atoms with Gasteiger partial charge in [0.2, 0.25) is 5.91 Å². The zero-order valence-corrected chi connectivity index (χ0v) is 24.4. The van der Waals surface area contributed by atoms with Crippen LogP contribution in [-0.4, -0.2) is 89.4 Å². The number of pyridine rings is 1. The molecule has 16 heteroatoms. The summed E-state index contributed by atoms with van der Waals surface area (Å²) < 4.78 is 86.1. The van der Waals surface area contributed by atoms with Crippen molar-refractivity contribution in [1.29, 1.82) is 0 Å². The van der Waals surface area contributed by atoms with E-state index in [1.54, 1.807) is 36.9 Å². The Bertz CT molecular complexity index is 1490. The first-order valence-electron chi connectivity index (χ1n) is 14.3. The van der Waals surface area contributed by atoms with Crippen molar-refractivity contribution in [1.82, 2.24) is 20.1 Å².